The molecule has 7 nitrogen and oxygen atoms in total. The Labute approximate surface area is 241 Å². The highest BCUT2D eigenvalue weighted by Gasteiger charge is 2.39. The molecule has 0 spiro atoms. The minimum Gasteiger partial charge on any atom is -0.508 e. The highest BCUT2D eigenvalue weighted by molar-refractivity contribution is 7.14. The molecule has 3 N–H and O–H groups in total. The highest BCUT2D eigenvalue weighted by atomic mass is 35.5. The van der Waals surface area contributed by atoms with Crippen LogP contribution in [-0.4, -0.2) is 21.3 Å². The van der Waals surface area contributed by atoms with E-state index in [1.165, 1.54) is 11.3 Å². The van der Waals surface area contributed by atoms with Gasteiger partial charge in [-0.2, -0.15) is 13.2 Å². The average Bonchev–Trinajstić information content (AvgIpc) is 3.50. The van der Waals surface area contributed by atoms with Gasteiger partial charge in [0, 0.05) is 23.2 Å². The number of hydrogen-bond donors (Lipinski definition) is 3. The van der Waals surface area contributed by atoms with E-state index in [-0.39, 0.29) is 23.0 Å². The van der Waals surface area contributed by atoms with Gasteiger partial charge < -0.3 is 14.9 Å². The first-order chi connectivity index (χ1) is 19.3. The molecular formula is C28H25ClF4N4O3S. The van der Waals surface area contributed by atoms with Crippen molar-refractivity contribution in [1.29, 1.82) is 0 Å². The van der Waals surface area contributed by atoms with Crippen molar-refractivity contribution < 1.29 is 32.0 Å². The second-order valence-corrected chi connectivity index (χ2v) is 12.0. The maximum atomic E-state index is 15.3. The zero-order chi connectivity index (χ0) is 29.5. The lowest BCUT2D eigenvalue weighted by atomic mass is 9.73. The molecule has 1 aliphatic carbocycles. The predicted molar refractivity (Wildman–Crippen MR) is 148 cm³/mol. The molecule has 0 aliphatic heterocycles. The van der Waals surface area contributed by atoms with Crippen LogP contribution in [-0.2, 0) is 24.4 Å². The molecule has 0 radical (unpaired) electrons. The summed E-state index contributed by atoms with van der Waals surface area (Å²) in [6.07, 6.45) is -2.71. The van der Waals surface area contributed by atoms with E-state index in [2.05, 4.69) is 20.8 Å². The van der Waals surface area contributed by atoms with Crippen LogP contribution in [0.4, 0.5) is 33.9 Å². The van der Waals surface area contributed by atoms with Crippen LogP contribution < -0.4 is 10.6 Å². The Balaban J connectivity index is 1.42. The lowest BCUT2D eigenvalue weighted by Crippen LogP contribution is -2.24. The topological polar surface area (TPSA) is 100 Å². The summed E-state index contributed by atoms with van der Waals surface area (Å²) in [5.74, 6) is -1.14. The molecule has 2 amide bonds. The molecule has 4 aromatic rings. The quantitative estimate of drug-likeness (QED) is 0.156. The number of thiazole rings is 1. The van der Waals surface area contributed by atoms with Gasteiger partial charge in [-0.05, 0) is 59.8 Å². The van der Waals surface area contributed by atoms with E-state index in [0.717, 1.165) is 11.6 Å². The number of anilines is 2. The van der Waals surface area contributed by atoms with Gasteiger partial charge in [-0.25, -0.2) is 14.2 Å². The number of phenolic OH excluding ortho intramolecular Hbond substituents is 1. The molecule has 0 saturated carbocycles. The lowest BCUT2D eigenvalue weighted by Gasteiger charge is -2.31. The molecule has 2 aromatic heterocycles. The fourth-order valence-electron chi connectivity index (χ4n) is 5.60. The van der Waals surface area contributed by atoms with Crippen LogP contribution in [0.25, 0.3) is 11.3 Å². The Morgan fingerprint density at radius 1 is 1.24 bits per heavy atom. The molecule has 1 atom stereocenters. The number of para-hydroxylation sites is 1. The number of alkyl halides is 3. The molecule has 2 aromatic carbocycles. The van der Waals surface area contributed by atoms with E-state index in [1.54, 1.807) is 17.5 Å². The maximum Gasteiger partial charge on any atom is 0.436 e. The number of aromatic hydroxyl groups is 1. The van der Waals surface area contributed by atoms with E-state index < -0.39 is 29.1 Å². The molecule has 13 heteroatoms. The van der Waals surface area contributed by atoms with Crippen molar-refractivity contribution in [1.82, 2.24) is 10.1 Å². The van der Waals surface area contributed by atoms with Crippen LogP contribution >= 0.6 is 22.9 Å². The summed E-state index contributed by atoms with van der Waals surface area (Å²) in [5.41, 5.74) is 0.173. The van der Waals surface area contributed by atoms with Gasteiger partial charge in [0.25, 0.3) is 0 Å². The van der Waals surface area contributed by atoms with Gasteiger partial charge in [-0.3, -0.25) is 5.32 Å². The Morgan fingerprint density at radius 3 is 2.68 bits per heavy atom. The van der Waals surface area contributed by atoms with Gasteiger partial charge in [0.2, 0.25) is 0 Å². The van der Waals surface area contributed by atoms with Crippen LogP contribution in [0.2, 0.25) is 4.47 Å². The fraction of sp³-hybridized carbons (Fsp3) is 0.321. The Bertz CT molecular complexity index is 1600. The molecule has 41 heavy (non-hydrogen) atoms. The first-order valence-electron chi connectivity index (χ1n) is 12.7. The number of hydrogen-bond acceptors (Lipinski definition) is 6. The number of nitrogens with zero attached hydrogens (tertiary/aromatic N) is 2. The number of halogens is 5. The van der Waals surface area contributed by atoms with Crippen LogP contribution in [0.3, 0.4) is 0 Å². The van der Waals surface area contributed by atoms with E-state index in [0.29, 0.717) is 58.8 Å². The van der Waals surface area contributed by atoms with E-state index in [9.17, 15) is 23.1 Å². The van der Waals surface area contributed by atoms with Gasteiger partial charge in [-0.1, -0.05) is 48.8 Å². The van der Waals surface area contributed by atoms with Crippen molar-refractivity contribution in [2.45, 2.75) is 51.1 Å². The zero-order valence-corrected chi connectivity index (χ0v) is 23.5. The third kappa shape index (κ3) is 6.18. The number of phenols is 1. The van der Waals surface area contributed by atoms with Gasteiger partial charge in [-0.15, -0.1) is 11.3 Å². The molecule has 0 saturated heterocycles. The average molecular weight is 609 g/mol. The summed E-state index contributed by atoms with van der Waals surface area (Å²) >= 11 is 7.03. The van der Waals surface area contributed by atoms with Gasteiger partial charge >= 0.3 is 12.2 Å². The largest absolute Gasteiger partial charge is 0.508 e. The van der Waals surface area contributed by atoms with Crippen molar-refractivity contribution in [3.8, 4) is 17.1 Å². The summed E-state index contributed by atoms with van der Waals surface area (Å²) in [6.45, 7) is 3.73. The zero-order valence-electron chi connectivity index (χ0n) is 21.9. The van der Waals surface area contributed by atoms with Crippen LogP contribution in [0.5, 0.6) is 5.75 Å². The molecule has 1 aliphatic rings. The Morgan fingerprint density at radius 2 is 2.00 bits per heavy atom. The van der Waals surface area contributed by atoms with Crippen LogP contribution in [0.15, 0.2) is 46.3 Å². The first-order valence-corrected chi connectivity index (χ1v) is 13.9. The number of amides is 2. The first kappa shape index (κ1) is 28.9. The maximum absolute atomic E-state index is 15.3. The monoisotopic (exact) mass is 608 g/mol. The standard InChI is InChI=1S/C28H25ClF4N4O3S/c1-27(2)12-14(9-15-5-3-4-6-18(15)34-26(39)36-22-13-41-25(29)35-22)7-8-16-19(38)10-17(30)23(24(16)27)20-11-21(37-40-20)28(31,32)33/h3-6,10-11,13-14,38H,7-9,12H2,1-2H3,(H2,34,36,39). The predicted octanol–water partition coefficient (Wildman–Crippen LogP) is 8.43. The molecule has 1 unspecified atom stereocenters. The Kier molecular flexibility index (Phi) is 7.73. The molecule has 216 valence electrons. The van der Waals surface area contributed by atoms with Gasteiger partial charge in [0.15, 0.2) is 15.9 Å². The Hall–Kier alpha value is -3.64. The summed E-state index contributed by atoms with van der Waals surface area (Å²) < 4.78 is 60.2. The number of rotatable bonds is 5. The molecule has 2 heterocycles. The smallest absolute Gasteiger partial charge is 0.436 e. The summed E-state index contributed by atoms with van der Waals surface area (Å²) in [7, 11) is 0. The number of fused-ring (bicyclic) bond motifs is 1. The number of carbonyl (C=O) groups excluding carboxylic acids is 1. The van der Waals surface area contributed by atoms with Gasteiger partial charge in [0.05, 0.1) is 5.56 Å². The normalized spacial score (nSPS) is 16.6. The second kappa shape index (κ2) is 11.0. The van der Waals surface area contributed by atoms with Crippen LogP contribution in [0, 0.1) is 11.7 Å². The second-order valence-electron chi connectivity index (χ2n) is 10.6. The summed E-state index contributed by atoms with van der Waals surface area (Å²) in [4.78, 5) is 16.6. The minimum absolute atomic E-state index is 0.0246. The highest BCUT2D eigenvalue weighted by Crippen LogP contribution is 2.48. The number of carbonyl (C=O) groups is 1. The number of benzene rings is 2. The van der Waals surface area contributed by atoms with E-state index in [1.807, 2.05) is 26.0 Å². The number of nitrogens with one attached hydrogen (secondary N) is 2. The SMILES string of the molecule is CC1(C)CC(Cc2ccccc2NC(=O)Nc2csc(Cl)n2)CCc2c(O)cc(F)c(-c3cc(C(F)(F)F)no3)c21. The fourth-order valence-corrected chi connectivity index (χ4v) is 6.30. The van der Waals surface area contributed by atoms with Crippen LogP contribution in [0.1, 0.15) is 49.1 Å². The summed E-state index contributed by atoms with van der Waals surface area (Å²) in [6, 6.07) is 8.44. The van der Waals surface area contributed by atoms with E-state index in [4.69, 9.17) is 16.1 Å². The molecule has 5 rings (SSSR count). The minimum atomic E-state index is -4.75. The number of urea groups is 1. The van der Waals surface area contributed by atoms with Crippen molar-refractivity contribution in [3.05, 3.63) is 74.4 Å². The number of aromatic nitrogens is 2. The van der Waals surface area contributed by atoms with Crippen molar-refractivity contribution in [2.75, 3.05) is 10.6 Å². The molecule has 0 bridgehead atoms. The lowest BCUT2D eigenvalue weighted by molar-refractivity contribution is -0.142. The molecular weight excluding hydrogens is 584 g/mol. The summed E-state index contributed by atoms with van der Waals surface area (Å²) in [5, 5.41) is 20.9. The van der Waals surface area contributed by atoms with Gasteiger partial charge in [0.1, 0.15) is 17.4 Å². The van der Waals surface area contributed by atoms with E-state index >= 15 is 4.39 Å². The third-order valence-electron chi connectivity index (χ3n) is 7.18. The van der Waals surface area contributed by atoms with Crippen molar-refractivity contribution in [3.63, 3.8) is 0 Å². The molecule has 0 fully saturated rings. The van der Waals surface area contributed by atoms with Crippen molar-refractivity contribution >= 4 is 40.5 Å². The van der Waals surface area contributed by atoms with Crippen molar-refractivity contribution in [2.24, 2.45) is 5.92 Å². The third-order valence-corrected chi connectivity index (χ3v) is 8.16.